The average molecular weight is 276 g/mol. The van der Waals surface area contributed by atoms with E-state index in [4.69, 9.17) is 14.6 Å². The van der Waals surface area contributed by atoms with E-state index in [9.17, 15) is 19.1 Å². The van der Waals surface area contributed by atoms with Gasteiger partial charge < -0.3 is 19.7 Å². The van der Waals surface area contributed by atoms with Gasteiger partial charge in [0.05, 0.1) is 19.9 Å². The molecule has 0 aromatic carbocycles. The van der Waals surface area contributed by atoms with Gasteiger partial charge in [0, 0.05) is 0 Å². The van der Waals surface area contributed by atoms with E-state index in [1.807, 2.05) is 4.98 Å². The van der Waals surface area contributed by atoms with E-state index in [2.05, 4.69) is 0 Å². The summed E-state index contributed by atoms with van der Waals surface area (Å²) >= 11 is 0. The second-order valence-corrected chi connectivity index (χ2v) is 4.05. The van der Waals surface area contributed by atoms with Gasteiger partial charge >= 0.3 is 5.69 Å². The highest BCUT2D eigenvalue weighted by Gasteiger charge is 2.45. The van der Waals surface area contributed by atoms with Gasteiger partial charge in [0.2, 0.25) is 5.75 Å². The lowest BCUT2D eigenvalue weighted by Crippen LogP contribution is -2.37. The number of rotatable bonds is 3. The summed E-state index contributed by atoms with van der Waals surface area (Å²) in [6, 6.07) is 0. The summed E-state index contributed by atoms with van der Waals surface area (Å²) in [5.74, 6) is -0.182. The van der Waals surface area contributed by atoms with Crippen molar-refractivity contribution in [1.82, 2.24) is 9.55 Å². The Morgan fingerprint density at radius 1 is 1.58 bits per heavy atom. The molecule has 1 saturated heterocycles. The van der Waals surface area contributed by atoms with Crippen LogP contribution in [0.15, 0.2) is 15.8 Å². The average Bonchev–Trinajstić information content (AvgIpc) is 2.67. The summed E-state index contributed by atoms with van der Waals surface area (Å²) in [5, 5.41) is 18.6. The van der Waals surface area contributed by atoms with E-state index in [0.29, 0.717) is 0 Å². The molecular weight excluding hydrogens is 263 g/mol. The topological polar surface area (TPSA) is 114 Å². The molecule has 2 heterocycles. The van der Waals surface area contributed by atoms with Gasteiger partial charge in [0.15, 0.2) is 12.4 Å². The van der Waals surface area contributed by atoms with E-state index in [1.165, 1.54) is 7.11 Å². The number of aliphatic hydroxyl groups is 2. The van der Waals surface area contributed by atoms with E-state index >= 15 is 0 Å². The molecular formula is C10H13FN2O6. The number of ether oxygens (including phenoxy) is 2. The van der Waals surface area contributed by atoms with E-state index in [0.717, 1.165) is 10.8 Å². The quantitative estimate of drug-likeness (QED) is 0.596. The first-order valence-electron chi connectivity index (χ1n) is 5.47. The number of nitrogens with one attached hydrogen (secondary N) is 1. The minimum absolute atomic E-state index is 0.182. The number of H-pyrrole nitrogens is 1. The largest absolute Gasteiger partial charge is 0.490 e. The molecule has 0 radical (unpaired) electrons. The maximum atomic E-state index is 13.6. The van der Waals surface area contributed by atoms with Gasteiger partial charge in [-0.05, 0) is 0 Å². The fourth-order valence-corrected chi connectivity index (χ4v) is 1.89. The van der Waals surface area contributed by atoms with Crippen LogP contribution in [0.4, 0.5) is 4.39 Å². The third-order valence-corrected chi connectivity index (χ3v) is 2.90. The Hall–Kier alpha value is -1.71. The van der Waals surface area contributed by atoms with E-state index in [1.54, 1.807) is 0 Å². The van der Waals surface area contributed by atoms with E-state index in [-0.39, 0.29) is 5.75 Å². The number of hydrogen-bond donors (Lipinski definition) is 3. The molecule has 106 valence electrons. The van der Waals surface area contributed by atoms with Gasteiger partial charge in [-0.25, -0.2) is 9.18 Å². The zero-order chi connectivity index (χ0) is 14.2. The predicted octanol–water partition coefficient (Wildman–Crippen LogP) is -1.87. The Labute approximate surface area is 106 Å². The van der Waals surface area contributed by atoms with Crippen molar-refractivity contribution in [3.8, 4) is 5.75 Å². The van der Waals surface area contributed by atoms with Gasteiger partial charge in [-0.15, -0.1) is 0 Å². The molecule has 0 saturated carbocycles. The van der Waals surface area contributed by atoms with Gasteiger partial charge in [0.1, 0.15) is 12.2 Å². The monoisotopic (exact) mass is 276 g/mol. The molecule has 0 unspecified atom stereocenters. The molecule has 0 amide bonds. The number of methoxy groups -OCH3 is 1. The van der Waals surface area contributed by atoms with Crippen LogP contribution in [0.1, 0.15) is 6.23 Å². The van der Waals surface area contributed by atoms with Crippen LogP contribution in [0.3, 0.4) is 0 Å². The highest BCUT2D eigenvalue weighted by Crippen LogP contribution is 2.30. The summed E-state index contributed by atoms with van der Waals surface area (Å²) < 4.78 is 24.2. The SMILES string of the molecule is COc1cn([C@@H]2O[C@H](CO)[C@H](F)[C@H]2O)c(=O)[nH]c1=O. The molecule has 1 aromatic rings. The zero-order valence-corrected chi connectivity index (χ0v) is 9.95. The van der Waals surface area contributed by atoms with Crippen LogP contribution in [0.2, 0.25) is 0 Å². The van der Waals surface area contributed by atoms with Gasteiger partial charge in [-0.2, -0.15) is 0 Å². The highest BCUT2D eigenvalue weighted by molar-refractivity contribution is 5.12. The Kier molecular flexibility index (Phi) is 3.69. The van der Waals surface area contributed by atoms with Crippen LogP contribution < -0.4 is 16.0 Å². The van der Waals surface area contributed by atoms with Crippen molar-refractivity contribution in [3.05, 3.63) is 27.0 Å². The smallest absolute Gasteiger partial charge is 0.330 e. The number of alkyl halides is 1. The van der Waals surface area contributed by atoms with Crippen LogP contribution in [0.25, 0.3) is 0 Å². The standard InChI is InChI=1S/C10H13FN2O6/c1-18-4-2-13(10(17)12-8(4)16)9-7(15)6(11)5(3-14)19-9/h2,5-7,9,14-15H,3H2,1H3,(H,12,16,17)/t5-,6+,7-,9-/m1/s1. The van der Waals surface area contributed by atoms with Crippen molar-refractivity contribution >= 4 is 0 Å². The van der Waals surface area contributed by atoms with E-state index < -0.39 is 42.5 Å². The third-order valence-electron chi connectivity index (χ3n) is 2.90. The molecule has 4 atom stereocenters. The second-order valence-electron chi connectivity index (χ2n) is 4.05. The van der Waals surface area contributed by atoms with Gasteiger partial charge in [-0.3, -0.25) is 14.3 Å². The normalized spacial score (nSPS) is 30.5. The maximum Gasteiger partial charge on any atom is 0.330 e. The number of aromatic nitrogens is 2. The van der Waals surface area contributed by atoms with Crippen LogP contribution in [-0.4, -0.2) is 51.9 Å². The Bertz CT molecular complexity index is 570. The van der Waals surface area contributed by atoms with Crippen LogP contribution in [-0.2, 0) is 4.74 Å². The van der Waals surface area contributed by atoms with Crippen molar-refractivity contribution < 1.29 is 24.1 Å². The van der Waals surface area contributed by atoms with Crippen molar-refractivity contribution in [1.29, 1.82) is 0 Å². The first-order valence-corrected chi connectivity index (χ1v) is 5.47. The van der Waals surface area contributed by atoms with Crippen molar-refractivity contribution in [2.45, 2.75) is 24.6 Å². The van der Waals surface area contributed by atoms with Crippen molar-refractivity contribution in [3.63, 3.8) is 0 Å². The first-order chi connectivity index (χ1) is 8.99. The lowest BCUT2D eigenvalue weighted by atomic mass is 10.1. The summed E-state index contributed by atoms with van der Waals surface area (Å²) in [6.45, 7) is -0.635. The van der Waals surface area contributed by atoms with Crippen molar-refractivity contribution in [2.75, 3.05) is 13.7 Å². The summed E-state index contributed by atoms with van der Waals surface area (Å²) in [4.78, 5) is 24.9. The Morgan fingerprint density at radius 3 is 2.79 bits per heavy atom. The maximum absolute atomic E-state index is 13.6. The minimum atomic E-state index is -1.83. The molecule has 1 fully saturated rings. The van der Waals surface area contributed by atoms with Crippen LogP contribution in [0.5, 0.6) is 5.75 Å². The molecule has 2 rings (SSSR count). The highest BCUT2D eigenvalue weighted by atomic mass is 19.1. The summed E-state index contributed by atoms with van der Waals surface area (Å²) in [5.41, 5.74) is -1.62. The number of nitrogens with zero attached hydrogens (tertiary/aromatic N) is 1. The Morgan fingerprint density at radius 2 is 2.26 bits per heavy atom. The lowest BCUT2D eigenvalue weighted by Gasteiger charge is -2.17. The molecule has 3 N–H and O–H groups in total. The van der Waals surface area contributed by atoms with Crippen LogP contribution >= 0.6 is 0 Å². The number of aromatic amines is 1. The fraction of sp³-hybridized carbons (Fsp3) is 0.600. The number of hydrogen-bond acceptors (Lipinski definition) is 6. The second kappa shape index (κ2) is 5.11. The molecule has 0 bridgehead atoms. The molecule has 0 spiro atoms. The molecule has 9 heteroatoms. The van der Waals surface area contributed by atoms with Crippen LogP contribution in [0, 0.1) is 0 Å². The molecule has 19 heavy (non-hydrogen) atoms. The molecule has 0 aliphatic carbocycles. The number of aliphatic hydroxyl groups excluding tert-OH is 2. The zero-order valence-electron chi connectivity index (χ0n) is 9.95. The molecule has 8 nitrogen and oxygen atoms in total. The minimum Gasteiger partial charge on any atom is -0.490 e. The molecule has 1 aliphatic heterocycles. The molecule has 1 aliphatic rings. The molecule has 1 aromatic heterocycles. The first kappa shape index (κ1) is 13.7. The lowest BCUT2D eigenvalue weighted by molar-refractivity contribution is -0.0540. The fourth-order valence-electron chi connectivity index (χ4n) is 1.89. The van der Waals surface area contributed by atoms with Crippen molar-refractivity contribution in [2.24, 2.45) is 0 Å². The van der Waals surface area contributed by atoms with Gasteiger partial charge in [-0.1, -0.05) is 0 Å². The predicted molar refractivity (Wildman–Crippen MR) is 59.8 cm³/mol. The summed E-state index contributed by atoms with van der Waals surface area (Å²) in [6.07, 6.45) is -5.03. The van der Waals surface area contributed by atoms with Gasteiger partial charge in [0.25, 0.3) is 5.56 Å². The summed E-state index contributed by atoms with van der Waals surface area (Å²) in [7, 11) is 1.22. The Balaban J connectivity index is 2.43. The third kappa shape index (κ3) is 2.27. The number of halogens is 1.